The average molecular weight is 268 g/mol. The van der Waals surface area contributed by atoms with Crippen molar-refractivity contribution in [2.45, 2.75) is 44.2 Å². The van der Waals surface area contributed by atoms with Crippen molar-refractivity contribution in [1.29, 1.82) is 0 Å². The topological polar surface area (TPSA) is 72.2 Å². The lowest BCUT2D eigenvalue weighted by molar-refractivity contribution is 0.575. The molecule has 2 rings (SSSR count). The van der Waals surface area contributed by atoms with E-state index in [1.165, 1.54) is 0 Å². The van der Waals surface area contributed by atoms with Crippen LogP contribution < -0.4 is 10.5 Å². The largest absolute Gasteiger partial charge is 0.326 e. The maximum Gasteiger partial charge on any atom is 0.241 e. The number of sulfonamides is 1. The summed E-state index contributed by atoms with van der Waals surface area (Å²) >= 11 is 0. The second kappa shape index (κ2) is 4.99. The van der Waals surface area contributed by atoms with Crippen LogP contribution in [0.1, 0.15) is 30.9 Å². The Morgan fingerprint density at radius 1 is 1.44 bits per heavy atom. The molecule has 1 fully saturated rings. The Labute approximate surface area is 109 Å². The minimum absolute atomic E-state index is 0.119. The van der Waals surface area contributed by atoms with Gasteiger partial charge in [-0.2, -0.15) is 0 Å². The molecule has 1 aliphatic rings. The number of rotatable bonds is 5. The molecule has 1 saturated carbocycles. The van der Waals surface area contributed by atoms with Gasteiger partial charge in [-0.25, -0.2) is 13.1 Å². The molecule has 100 valence electrons. The quantitative estimate of drug-likeness (QED) is 0.850. The van der Waals surface area contributed by atoms with Crippen LogP contribution in [0.15, 0.2) is 23.1 Å². The lowest BCUT2D eigenvalue weighted by Gasteiger charge is -2.10. The van der Waals surface area contributed by atoms with Gasteiger partial charge in [0.2, 0.25) is 10.0 Å². The van der Waals surface area contributed by atoms with Crippen LogP contribution in [0.25, 0.3) is 0 Å². The first-order chi connectivity index (χ1) is 8.47. The molecule has 0 aromatic heterocycles. The van der Waals surface area contributed by atoms with E-state index in [0.717, 1.165) is 24.0 Å². The van der Waals surface area contributed by atoms with E-state index < -0.39 is 10.0 Å². The summed E-state index contributed by atoms with van der Waals surface area (Å²) in [5.74, 6) is 0.503. The first-order valence-corrected chi connectivity index (χ1v) is 7.78. The third-order valence-corrected chi connectivity index (χ3v) is 5.17. The van der Waals surface area contributed by atoms with Gasteiger partial charge in [-0.05, 0) is 36.5 Å². The van der Waals surface area contributed by atoms with Gasteiger partial charge in [0, 0.05) is 12.6 Å². The monoisotopic (exact) mass is 268 g/mol. The summed E-state index contributed by atoms with van der Waals surface area (Å²) in [4.78, 5) is 0.362. The van der Waals surface area contributed by atoms with Gasteiger partial charge in [-0.1, -0.05) is 25.5 Å². The fourth-order valence-electron chi connectivity index (χ4n) is 2.25. The molecule has 4 nitrogen and oxygen atoms in total. The second-order valence-electron chi connectivity index (χ2n) is 4.94. The van der Waals surface area contributed by atoms with E-state index in [-0.39, 0.29) is 6.04 Å². The van der Waals surface area contributed by atoms with Crippen LogP contribution in [0.3, 0.4) is 0 Å². The molecule has 5 heteroatoms. The molecule has 18 heavy (non-hydrogen) atoms. The summed E-state index contributed by atoms with van der Waals surface area (Å²) in [6.45, 7) is 4.31. The van der Waals surface area contributed by atoms with Crippen LogP contribution in [0.5, 0.6) is 0 Å². The molecule has 0 heterocycles. The third-order valence-electron chi connectivity index (χ3n) is 3.52. The van der Waals surface area contributed by atoms with Gasteiger partial charge in [0.15, 0.2) is 0 Å². The Morgan fingerprint density at radius 3 is 2.67 bits per heavy atom. The summed E-state index contributed by atoms with van der Waals surface area (Å²) in [6, 6.07) is 5.36. The van der Waals surface area contributed by atoms with Gasteiger partial charge < -0.3 is 5.73 Å². The molecule has 3 N–H and O–H groups in total. The zero-order chi connectivity index (χ0) is 13.3. The van der Waals surface area contributed by atoms with Crippen molar-refractivity contribution >= 4 is 10.0 Å². The standard InChI is InChI=1S/C13H20N2O2S/c1-3-11-7-12(11)15-18(16,17)13-5-4-10(8-14)6-9(13)2/h4-6,11-12,15H,3,7-8,14H2,1-2H3. The van der Waals surface area contributed by atoms with Gasteiger partial charge in [0.1, 0.15) is 0 Å². The van der Waals surface area contributed by atoms with Crippen molar-refractivity contribution in [3.8, 4) is 0 Å². The van der Waals surface area contributed by atoms with Crippen molar-refractivity contribution in [2.24, 2.45) is 11.7 Å². The summed E-state index contributed by atoms with van der Waals surface area (Å²) in [5, 5.41) is 0. The van der Waals surface area contributed by atoms with Crippen LogP contribution in [0, 0.1) is 12.8 Å². The minimum atomic E-state index is -3.39. The van der Waals surface area contributed by atoms with E-state index >= 15 is 0 Å². The van der Waals surface area contributed by atoms with Crippen LogP contribution in [0.2, 0.25) is 0 Å². The Kier molecular flexibility index (Phi) is 3.75. The molecular formula is C13H20N2O2S. The van der Waals surface area contributed by atoms with E-state index in [1.54, 1.807) is 19.1 Å². The van der Waals surface area contributed by atoms with Crippen molar-refractivity contribution in [2.75, 3.05) is 0 Å². The molecule has 1 aromatic carbocycles. The van der Waals surface area contributed by atoms with Gasteiger partial charge in [0.25, 0.3) is 0 Å². The van der Waals surface area contributed by atoms with E-state index in [4.69, 9.17) is 5.73 Å². The zero-order valence-corrected chi connectivity index (χ0v) is 11.6. The summed E-state index contributed by atoms with van der Waals surface area (Å²) < 4.78 is 27.2. The lowest BCUT2D eigenvalue weighted by Crippen LogP contribution is -2.27. The molecule has 2 atom stereocenters. The Bertz CT molecular complexity index is 540. The molecule has 1 aromatic rings. The summed E-state index contributed by atoms with van der Waals surface area (Å²) in [6.07, 6.45) is 1.98. The zero-order valence-electron chi connectivity index (χ0n) is 10.8. The van der Waals surface area contributed by atoms with E-state index in [0.29, 0.717) is 17.4 Å². The highest BCUT2D eigenvalue weighted by Gasteiger charge is 2.38. The first-order valence-electron chi connectivity index (χ1n) is 6.30. The van der Waals surface area contributed by atoms with Crippen molar-refractivity contribution < 1.29 is 8.42 Å². The molecule has 0 bridgehead atoms. The Hall–Kier alpha value is -0.910. The number of hydrogen-bond acceptors (Lipinski definition) is 3. The van der Waals surface area contributed by atoms with Crippen LogP contribution >= 0.6 is 0 Å². The average Bonchev–Trinajstić information content (AvgIpc) is 3.06. The van der Waals surface area contributed by atoms with Crippen LogP contribution in [-0.2, 0) is 16.6 Å². The van der Waals surface area contributed by atoms with Gasteiger partial charge in [0.05, 0.1) is 4.90 Å². The van der Waals surface area contributed by atoms with Crippen molar-refractivity contribution in [3.05, 3.63) is 29.3 Å². The highest BCUT2D eigenvalue weighted by molar-refractivity contribution is 7.89. The molecule has 1 aliphatic carbocycles. The van der Waals surface area contributed by atoms with Crippen LogP contribution in [-0.4, -0.2) is 14.5 Å². The first kappa shape index (κ1) is 13.5. The fraction of sp³-hybridized carbons (Fsp3) is 0.538. The second-order valence-corrected chi connectivity index (χ2v) is 6.62. The molecule has 0 aliphatic heterocycles. The molecular weight excluding hydrogens is 248 g/mol. The smallest absolute Gasteiger partial charge is 0.241 e. The van der Waals surface area contributed by atoms with Crippen LogP contribution in [0.4, 0.5) is 0 Å². The maximum absolute atomic E-state index is 12.2. The highest BCUT2D eigenvalue weighted by atomic mass is 32.2. The Morgan fingerprint density at radius 2 is 2.17 bits per heavy atom. The molecule has 0 saturated heterocycles. The SMILES string of the molecule is CCC1CC1NS(=O)(=O)c1ccc(CN)cc1C. The molecule has 0 radical (unpaired) electrons. The fourth-order valence-corrected chi connectivity index (χ4v) is 3.79. The predicted molar refractivity (Wildman–Crippen MR) is 71.6 cm³/mol. The van der Waals surface area contributed by atoms with Crippen molar-refractivity contribution in [1.82, 2.24) is 4.72 Å². The summed E-state index contributed by atoms with van der Waals surface area (Å²) in [5.41, 5.74) is 7.24. The van der Waals surface area contributed by atoms with Gasteiger partial charge >= 0.3 is 0 Å². The Balaban J connectivity index is 2.19. The van der Waals surface area contributed by atoms with Crippen molar-refractivity contribution in [3.63, 3.8) is 0 Å². The molecule has 0 amide bonds. The molecule has 2 unspecified atom stereocenters. The number of benzene rings is 1. The number of nitrogens with one attached hydrogen (secondary N) is 1. The third kappa shape index (κ3) is 2.74. The van der Waals surface area contributed by atoms with E-state index in [9.17, 15) is 8.42 Å². The number of hydrogen-bond donors (Lipinski definition) is 2. The van der Waals surface area contributed by atoms with E-state index in [1.807, 2.05) is 6.07 Å². The van der Waals surface area contributed by atoms with E-state index in [2.05, 4.69) is 11.6 Å². The number of aryl methyl sites for hydroxylation is 1. The molecule has 0 spiro atoms. The van der Waals surface area contributed by atoms with Gasteiger partial charge in [-0.15, -0.1) is 0 Å². The predicted octanol–water partition coefficient (Wildman–Crippen LogP) is 1.53. The maximum atomic E-state index is 12.2. The number of nitrogens with two attached hydrogens (primary N) is 1. The summed E-state index contributed by atoms with van der Waals surface area (Å²) in [7, 11) is -3.39. The normalized spacial score (nSPS) is 23.1. The van der Waals surface area contributed by atoms with Gasteiger partial charge in [-0.3, -0.25) is 0 Å². The lowest BCUT2D eigenvalue weighted by atomic mass is 10.1. The minimum Gasteiger partial charge on any atom is -0.326 e. The highest BCUT2D eigenvalue weighted by Crippen LogP contribution is 2.34.